The Labute approximate surface area is 64.5 Å². The SMILES string of the molecule is Cc1nccn1CC(O)CF. The molecule has 0 radical (unpaired) electrons. The molecule has 1 atom stereocenters. The van der Waals surface area contributed by atoms with Crippen LogP contribution in [0.15, 0.2) is 12.4 Å². The summed E-state index contributed by atoms with van der Waals surface area (Å²) in [6, 6.07) is 0. The van der Waals surface area contributed by atoms with Crippen LogP contribution in [0.4, 0.5) is 4.39 Å². The van der Waals surface area contributed by atoms with E-state index in [1.807, 2.05) is 6.92 Å². The van der Waals surface area contributed by atoms with E-state index in [-0.39, 0.29) is 6.54 Å². The van der Waals surface area contributed by atoms with E-state index in [9.17, 15) is 4.39 Å². The highest BCUT2D eigenvalue weighted by Crippen LogP contribution is 1.97. The van der Waals surface area contributed by atoms with E-state index >= 15 is 0 Å². The molecule has 0 saturated carbocycles. The van der Waals surface area contributed by atoms with Gasteiger partial charge in [0.1, 0.15) is 18.6 Å². The molecular formula is C7H11FN2O. The van der Waals surface area contributed by atoms with Crippen LogP contribution in [0.1, 0.15) is 5.82 Å². The molecule has 0 amide bonds. The first-order valence-electron chi connectivity index (χ1n) is 3.46. The number of alkyl halides is 1. The maximum atomic E-state index is 11.8. The van der Waals surface area contributed by atoms with Crippen molar-refractivity contribution in [3.63, 3.8) is 0 Å². The van der Waals surface area contributed by atoms with Crippen molar-refractivity contribution in [2.45, 2.75) is 19.6 Å². The van der Waals surface area contributed by atoms with Crippen molar-refractivity contribution >= 4 is 0 Å². The van der Waals surface area contributed by atoms with Crippen molar-refractivity contribution in [2.24, 2.45) is 0 Å². The zero-order chi connectivity index (χ0) is 8.27. The molecule has 0 aliphatic heterocycles. The molecule has 3 nitrogen and oxygen atoms in total. The van der Waals surface area contributed by atoms with Gasteiger partial charge in [0.15, 0.2) is 0 Å². The predicted molar refractivity (Wildman–Crippen MR) is 38.9 cm³/mol. The molecule has 1 aromatic rings. The van der Waals surface area contributed by atoms with E-state index in [4.69, 9.17) is 5.11 Å². The van der Waals surface area contributed by atoms with Gasteiger partial charge < -0.3 is 9.67 Å². The van der Waals surface area contributed by atoms with E-state index in [1.54, 1.807) is 17.0 Å². The number of halogens is 1. The Morgan fingerprint density at radius 1 is 1.82 bits per heavy atom. The number of hydrogen-bond acceptors (Lipinski definition) is 2. The summed E-state index contributed by atoms with van der Waals surface area (Å²) in [5, 5.41) is 8.93. The number of aryl methyl sites for hydroxylation is 1. The summed E-state index contributed by atoms with van der Waals surface area (Å²) in [6.07, 6.45) is 2.43. The average Bonchev–Trinajstić information content (AvgIpc) is 2.37. The van der Waals surface area contributed by atoms with Gasteiger partial charge in [-0.05, 0) is 6.92 Å². The fourth-order valence-electron chi connectivity index (χ4n) is 0.873. The van der Waals surface area contributed by atoms with E-state index in [1.165, 1.54) is 0 Å². The molecule has 0 aliphatic carbocycles. The van der Waals surface area contributed by atoms with Gasteiger partial charge in [-0.2, -0.15) is 0 Å². The Bertz CT molecular complexity index is 224. The number of imidazole rings is 1. The minimum absolute atomic E-state index is 0.280. The Hall–Kier alpha value is -0.900. The third-order valence-corrected chi connectivity index (χ3v) is 1.51. The summed E-state index contributed by atoms with van der Waals surface area (Å²) in [5.74, 6) is 0.789. The standard InChI is InChI=1S/C7H11FN2O/c1-6-9-2-3-10(6)5-7(11)4-8/h2-3,7,11H,4-5H2,1H3. The van der Waals surface area contributed by atoms with Gasteiger partial charge in [0.05, 0.1) is 6.54 Å². The summed E-state index contributed by atoms with van der Waals surface area (Å²) >= 11 is 0. The van der Waals surface area contributed by atoms with Crippen LogP contribution < -0.4 is 0 Å². The maximum absolute atomic E-state index is 11.8. The van der Waals surface area contributed by atoms with Crippen molar-refractivity contribution in [1.29, 1.82) is 0 Å². The lowest BCUT2D eigenvalue weighted by molar-refractivity contribution is 0.121. The molecule has 0 aromatic carbocycles. The molecule has 4 heteroatoms. The normalized spacial score (nSPS) is 13.4. The maximum Gasteiger partial charge on any atom is 0.117 e. The van der Waals surface area contributed by atoms with Gasteiger partial charge >= 0.3 is 0 Å². The van der Waals surface area contributed by atoms with Crippen molar-refractivity contribution in [1.82, 2.24) is 9.55 Å². The Balaban J connectivity index is 2.56. The fourth-order valence-corrected chi connectivity index (χ4v) is 0.873. The van der Waals surface area contributed by atoms with Crippen molar-refractivity contribution < 1.29 is 9.50 Å². The minimum atomic E-state index is -0.914. The number of aromatic nitrogens is 2. The van der Waals surface area contributed by atoms with Gasteiger partial charge in [-0.15, -0.1) is 0 Å². The van der Waals surface area contributed by atoms with Gasteiger partial charge in [-0.3, -0.25) is 0 Å². The van der Waals surface area contributed by atoms with Crippen molar-refractivity contribution in [2.75, 3.05) is 6.67 Å². The molecule has 0 bridgehead atoms. The Morgan fingerprint density at radius 3 is 3.00 bits per heavy atom. The van der Waals surface area contributed by atoms with Crippen LogP contribution in [0, 0.1) is 6.92 Å². The molecule has 0 fully saturated rings. The summed E-state index contributed by atoms with van der Waals surface area (Å²) in [7, 11) is 0. The monoisotopic (exact) mass is 158 g/mol. The highest BCUT2D eigenvalue weighted by Gasteiger charge is 2.04. The molecule has 1 unspecified atom stereocenters. The number of aliphatic hydroxyl groups is 1. The first-order chi connectivity index (χ1) is 5.24. The predicted octanol–water partition coefficient (Wildman–Crippen LogP) is 0.522. The molecule has 0 aliphatic rings. The molecule has 1 heterocycles. The highest BCUT2D eigenvalue weighted by atomic mass is 19.1. The van der Waals surface area contributed by atoms with Crippen LogP contribution in [-0.4, -0.2) is 27.4 Å². The van der Waals surface area contributed by atoms with E-state index in [2.05, 4.69) is 4.98 Å². The molecule has 1 N–H and O–H groups in total. The average molecular weight is 158 g/mol. The van der Waals surface area contributed by atoms with Gasteiger partial charge in [0.2, 0.25) is 0 Å². The van der Waals surface area contributed by atoms with Gasteiger partial charge in [-0.25, -0.2) is 9.37 Å². The first kappa shape index (κ1) is 8.20. The number of rotatable bonds is 3. The van der Waals surface area contributed by atoms with Crippen LogP contribution in [-0.2, 0) is 6.54 Å². The molecule has 1 aromatic heterocycles. The Morgan fingerprint density at radius 2 is 2.55 bits per heavy atom. The molecule has 1 rings (SSSR count). The number of hydrogen-bond donors (Lipinski definition) is 1. The molecular weight excluding hydrogens is 147 g/mol. The smallest absolute Gasteiger partial charge is 0.117 e. The number of aliphatic hydroxyl groups excluding tert-OH is 1. The van der Waals surface area contributed by atoms with Crippen LogP contribution >= 0.6 is 0 Å². The third-order valence-electron chi connectivity index (χ3n) is 1.51. The quantitative estimate of drug-likeness (QED) is 0.696. The summed E-state index contributed by atoms with van der Waals surface area (Å²) < 4.78 is 13.5. The minimum Gasteiger partial charge on any atom is -0.389 e. The summed E-state index contributed by atoms with van der Waals surface area (Å²) in [6.45, 7) is 1.38. The van der Waals surface area contributed by atoms with E-state index in [0.29, 0.717) is 0 Å². The van der Waals surface area contributed by atoms with Gasteiger partial charge in [-0.1, -0.05) is 0 Å². The Kier molecular flexibility index (Phi) is 2.59. The number of nitrogens with zero attached hydrogens (tertiary/aromatic N) is 2. The van der Waals surface area contributed by atoms with E-state index in [0.717, 1.165) is 5.82 Å². The summed E-state index contributed by atoms with van der Waals surface area (Å²) in [4.78, 5) is 3.93. The van der Waals surface area contributed by atoms with E-state index < -0.39 is 12.8 Å². The van der Waals surface area contributed by atoms with Crippen LogP contribution in [0.25, 0.3) is 0 Å². The second-order valence-electron chi connectivity index (χ2n) is 2.43. The lowest BCUT2D eigenvalue weighted by Crippen LogP contribution is -2.18. The fraction of sp³-hybridized carbons (Fsp3) is 0.571. The lowest BCUT2D eigenvalue weighted by Gasteiger charge is -2.07. The topological polar surface area (TPSA) is 38.0 Å². The molecule has 62 valence electrons. The lowest BCUT2D eigenvalue weighted by atomic mass is 10.4. The van der Waals surface area contributed by atoms with Gasteiger partial charge in [0.25, 0.3) is 0 Å². The van der Waals surface area contributed by atoms with Crippen molar-refractivity contribution in [3.8, 4) is 0 Å². The van der Waals surface area contributed by atoms with Crippen LogP contribution in [0.2, 0.25) is 0 Å². The van der Waals surface area contributed by atoms with Gasteiger partial charge in [0, 0.05) is 12.4 Å². The first-order valence-corrected chi connectivity index (χ1v) is 3.46. The molecule has 11 heavy (non-hydrogen) atoms. The second-order valence-corrected chi connectivity index (χ2v) is 2.43. The van der Waals surface area contributed by atoms with Crippen LogP contribution in [0.3, 0.4) is 0 Å². The molecule has 0 saturated heterocycles. The molecule has 0 spiro atoms. The largest absolute Gasteiger partial charge is 0.389 e. The zero-order valence-electron chi connectivity index (χ0n) is 6.37. The second kappa shape index (κ2) is 3.48. The highest BCUT2D eigenvalue weighted by molar-refractivity contribution is 4.88. The third kappa shape index (κ3) is 2.01. The summed E-state index contributed by atoms with van der Waals surface area (Å²) in [5.41, 5.74) is 0. The zero-order valence-corrected chi connectivity index (χ0v) is 6.37. The van der Waals surface area contributed by atoms with Crippen molar-refractivity contribution in [3.05, 3.63) is 18.2 Å². The van der Waals surface area contributed by atoms with Crippen LogP contribution in [0.5, 0.6) is 0 Å².